The van der Waals surface area contributed by atoms with Gasteiger partial charge in [-0.05, 0) is 43.2 Å². The van der Waals surface area contributed by atoms with Gasteiger partial charge >= 0.3 is 5.97 Å². The van der Waals surface area contributed by atoms with Crippen molar-refractivity contribution in [2.75, 3.05) is 13.1 Å². The molecule has 1 aromatic carbocycles. The maximum atomic E-state index is 13.3. The van der Waals surface area contributed by atoms with Gasteiger partial charge in [-0.3, -0.25) is 14.4 Å². The third-order valence-corrected chi connectivity index (χ3v) is 6.25. The molecule has 7 heteroatoms. The lowest BCUT2D eigenvalue weighted by Gasteiger charge is -2.31. The van der Waals surface area contributed by atoms with Crippen LogP contribution in [0, 0.1) is 23.7 Å². The van der Waals surface area contributed by atoms with Gasteiger partial charge in [-0.2, -0.15) is 0 Å². The van der Waals surface area contributed by atoms with E-state index in [1.54, 1.807) is 12.1 Å². The first-order valence-corrected chi connectivity index (χ1v) is 10.6. The molecular weight excluding hydrogens is 384 g/mol. The van der Waals surface area contributed by atoms with Crippen molar-refractivity contribution in [2.24, 2.45) is 23.7 Å². The number of rotatable bonds is 7. The lowest BCUT2D eigenvalue weighted by Crippen LogP contribution is -2.45. The fourth-order valence-electron chi connectivity index (χ4n) is 4.96. The number of carbonyl (C=O) groups is 4. The minimum atomic E-state index is -0.687. The first kappa shape index (κ1) is 20.3. The molecule has 4 rings (SSSR count). The Kier molecular flexibility index (Phi) is 5.45. The van der Waals surface area contributed by atoms with E-state index in [1.807, 2.05) is 30.9 Å². The molecule has 0 aromatic heterocycles. The highest BCUT2D eigenvalue weighted by molar-refractivity contribution is 6.20. The van der Waals surface area contributed by atoms with E-state index in [4.69, 9.17) is 4.84 Å². The number of imide groups is 1. The summed E-state index contributed by atoms with van der Waals surface area (Å²) in [5, 5.41) is 0.542. The van der Waals surface area contributed by atoms with Crippen LogP contribution in [0.1, 0.15) is 53.8 Å². The quantitative estimate of drug-likeness (QED) is 0.510. The van der Waals surface area contributed by atoms with Gasteiger partial charge in [0.25, 0.3) is 11.8 Å². The van der Waals surface area contributed by atoms with Crippen molar-refractivity contribution in [2.45, 2.75) is 33.1 Å². The second-order valence-electron chi connectivity index (χ2n) is 8.19. The van der Waals surface area contributed by atoms with E-state index in [0.29, 0.717) is 24.6 Å². The van der Waals surface area contributed by atoms with Gasteiger partial charge in [0.1, 0.15) is 0 Å². The van der Waals surface area contributed by atoms with Crippen LogP contribution in [0.25, 0.3) is 0 Å². The lowest BCUT2D eigenvalue weighted by molar-refractivity contribution is -0.178. The molecule has 1 aliphatic heterocycles. The first-order valence-electron chi connectivity index (χ1n) is 10.6. The lowest BCUT2D eigenvalue weighted by atomic mass is 9.82. The van der Waals surface area contributed by atoms with Gasteiger partial charge in [-0.1, -0.05) is 43.2 Å². The SMILES string of the molecule is CCCN(CCC)C(=O)C1C2C=CC(C2)C1C(=O)ON1C(=O)c2ccccc2C1=O. The van der Waals surface area contributed by atoms with Gasteiger partial charge in [0.05, 0.1) is 23.0 Å². The standard InChI is InChI=1S/C23H26N2O5/c1-3-11-24(12-4-2)22(28)18-14-9-10-15(13-14)19(18)23(29)30-25-20(26)16-7-5-6-8-17(16)21(25)27/h5-10,14-15,18-19H,3-4,11-13H2,1-2H3. The summed E-state index contributed by atoms with van der Waals surface area (Å²) in [7, 11) is 0. The summed E-state index contributed by atoms with van der Waals surface area (Å²) in [5.74, 6) is -3.36. The zero-order valence-corrected chi connectivity index (χ0v) is 17.2. The van der Waals surface area contributed by atoms with Crippen molar-refractivity contribution in [1.29, 1.82) is 0 Å². The molecule has 4 unspecified atom stereocenters. The van der Waals surface area contributed by atoms with E-state index in [2.05, 4.69) is 0 Å². The topological polar surface area (TPSA) is 84.0 Å². The molecule has 3 amide bonds. The van der Waals surface area contributed by atoms with Crippen LogP contribution in [0.5, 0.6) is 0 Å². The number of carbonyl (C=O) groups excluding carboxylic acids is 4. The van der Waals surface area contributed by atoms with Crippen LogP contribution in [-0.2, 0) is 14.4 Å². The zero-order valence-electron chi connectivity index (χ0n) is 17.2. The summed E-state index contributed by atoms with van der Waals surface area (Å²) in [4.78, 5) is 58.7. The minimum Gasteiger partial charge on any atom is -0.342 e. The summed E-state index contributed by atoms with van der Waals surface area (Å²) in [6.45, 7) is 5.32. The molecule has 4 atom stereocenters. The molecule has 0 saturated heterocycles. The molecule has 0 spiro atoms. The predicted octanol–water partition coefficient (Wildman–Crippen LogP) is 2.83. The van der Waals surface area contributed by atoms with E-state index < -0.39 is 29.6 Å². The van der Waals surface area contributed by atoms with Gasteiger partial charge in [0, 0.05) is 13.1 Å². The molecule has 1 saturated carbocycles. The van der Waals surface area contributed by atoms with Crippen LogP contribution in [0.3, 0.4) is 0 Å². The second kappa shape index (κ2) is 8.05. The molecule has 158 valence electrons. The fourth-order valence-corrected chi connectivity index (χ4v) is 4.96. The van der Waals surface area contributed by atoms with E-state index >= 15 is 0 Å². The minimum absolute atomic E-state index is 0.0153. The van der Waals surface area contributed by atoms with Crippen molar-refractivity contribution in [3.8, 4) is 0 Å². The Hall–Kier alpha value is -2.96. The maximum absolute atomic E-state index is 13.3. The number of fused-ring (bicyclic) bond motifs is 3. The second-order valence-corrected chi connectivity index (χ2v) is 8.19. The summed E-state index contributed by atoms with van der Waals surface area (Å²) in [5.41, 5.74) is 0.431. The Morgan fingerprint density at radius 2 is 1.50 bits per heavy atom. The molecule has 2 bridgehead atoms. The van der Waals surface area contributed by atoms with E-state index in [1.165, 1.54) is 12.1 Å². The highest BCUT2D eigenvalue weighted by atomic mass is 16.7. The van der Waals surface area contributed by atoms with Crippen LogP contribution in [0.4, 0.5) is 0 Å². The summed E-state index contributed by atoms with van der Waals surface area (Å²) >= 11 is 0. The van der Waals surface area contributed by atoms with Crippen LogP contribution in [0.2, 0.25) is 0 Å². The molecule has 0 radical (unpaired) electrons. The number of hydroxylamine groups is 2. The van der Waals surface area contributed by atoms with Gasteiger partial charge < -0.3 is 9.74 Å². The molecule has 7 nitrogen and oxygen atoms in total. The Bertz CT molecular complexity index is 883. The van der Waals surface area contributed by atoms with Crippen LogP contribution >= 0.6 is 0 Å². The van der Waals surface area contributed by atoms with E-state index in [-0.39, 0.29) is 28.9 Å². The summed E-state index contributed by atoms with van der Waals surface area (Å²) in [6.07, 6.45) is 6.35. The van der Waals surface area contributed by atoms with Gasteiger partial charge in [0.2, 0.25) is 5.91 Å². The smallest absolute Gasteiger partial charge is 0.337 e. The average Bonchev–Trinajstić information content (AvgIpc) is 3.43. The monoisotopic (exact) mass is 410 g/mol. The molecule has 3 aliphatic rings. The largest absolute Gasteiger partial charge is 0.342 e. The number of allylic oxidation sites excluding steroid dienone is 2. The maximum Gasteiger partial charge on any atom is 0.337 e. The first-order chi connectivity index (χ1) is 14.5. The Labute approximate surface area is 175 Å². The zero-order chi connectivity index (χ0) is 21.4. The molecule has 1 heterocycles. The van der Waals surface area contributed by atoms with Gasteiger partial charge in [-0.15, -0.1) is 0 Å². The van der Waals surface area contributed by atoms with E-state index in [9.17, 15) is 19.2 Å². The van der Waals surface area contributed by atoms with Gasteiger partial charge in [-0.25, -0.2) is 4.79 Å². The van der Waals surface area contributed by atoms with Gasteiger partial charge in [0.15, 0.2) is 0 Å². The third kappa shape index (κ3) is 3.22. The van der Waals surface area contributed by atoms with Crippen molar-refractivity contribution in [3.63, 3.8) is 0 Å². The van der Waals surface area contributed by atoms with Crippen molar-refractivity contribution in [1.82, 2.24) is 9.96 Å². The van der Waals surface area contributed by atoms with Crippen molar-refractivity contribution < 1.29 is 24.0 Å². The number of amides is 3. The van der Waals surface area contributed by atoms with Crippen molar-refractivity contribution >= 4 is 23.7 Å². The summed E-state index contributed by atoms with van der Waals surface area (Å²) < 4.78 is 0. The summed E-state index contributed by atoms with van der Waals surface area (Å²) in [6, 6.07) is 6.37. The Morgan fingerprint density at radius 1 is 0.967 bits per heavy atom. The van der Waals surface area contributed by atoms with Crippen molar-refractivity contribution in [3.05, 3.63) is 47.5 Å². The molecule has 2 aliphatic carbocycles. The fraction of sp³-hybridized carbons (Fsp3) is 0.478. The van der Waals surface area contributed by atoms with Crippen LogP contribution in [-0.4, -0.2) is 46.7 Å². The number of benzene rings is 1. The third-order valence-electron chi connectivity index (χ3n) is 6.25. The highest BCUT2D eigenvalue weighted by Crippen LogP contribution is 2.49. The Morgan fingerprint density at radius 3 is 2.03 bits per heavy atom. The molecule has 30 heavy (non-hydrogen) atoms. The molecule has 1 fully saturated rings. The predicted molar refractivity (Wildman–Crippen MR) is 108 cm³/mol. The van der Waals surface area contributed by atoms with E-state index in [0.717, 1.165) is 12.8 Å². The number of hydrogen-bond acceptors (Lipinski definition) is 5. The van der Waals surface area contributed by atoms with Crippen LogP contribution in [0.15, 0.2) is 36.4 Å². The molecular formula is C23H26N2O5. The highest BCUT2D eigenvalue weighted by Gasteiger charge is 2.54. The number of nitrogens with zero attached hydrogens (tertiary/aromatic N) is 2. The molecule has 1 aromatic rings. The number of hydrogen-bond donors (Lipinski definition) is 0. The Balaban J connectivity index is 1.54. The normalized spacial score (nSPS) is 26.3. The average molecular weight is 410 g/mol. The van der Waals surface area contributed by atoms with Crippen LogP contribution < -0.4 is 0 Å². The molecule has 0 N–H and O–H groups in total.